The van der Waals surface area contributed by atoms with Gasteiger partial charge in [-0.2, -0.15) is 0 Å². The van der Waals surface area contributed by atoms with Gasteiger partial charge in [-0.25, -0.2) is 0 Å². The molecule has 0 aliphatic carbocycles. The molecule has 0 rings (SSSR count). The van der Waals surface area contributed by atoms with E-state index in [0.29, 0.717) is 0 Å². The monoisotopic (exact) mass is 288 g/mol. The molecule has 0 spiro atoms. The van der Waals surface area contributed by atoms with Crippen molar-refractivity contribution in [3.05, 3.63) is 11.8 Å². The number of allylic oxidation sites excluding steroid dienone is 1. The fraction of sp³-hybridized carbons (Fsp3) is 0.867. The first-order chi connectivity index (χ1) is 9.24. The number of hydrogen-bond acceptors (Lipinski definition) is 3. The highest BCUT2D eigenvalue weighted by Gasteiger charge is 2.38. The second kappa shape index (κ2) is 12.8. The molecule has 0 aromatic carbocycles. The van der Waals surface area contributed by atoms with Gasteiger partial charge < -0.3 is 13.3 Å². The molecule has 0 unspecified atom stereocenters. The molecule has 0 aromatic heterocycles. The lowest BCUT2D eigenvalue weighted by molar-refractivity contribution is 0.0684. The van der Waals surface area contributed by atoms with Crippen LogP contribution >= 0.6 is 0 Å². The first-order valence-corrected chi connectivity index (χ1v) is 9.60. The van der Waals surface area contributed by atoms with E-state index in [-0.39, 0.29) is 0 Å². The summed E-state index contributed by atoms with van der Waals surface area (Å²) in [4.78, 5) is 0. The van der Waals surface area contributed by atoms with Crippen LogP contribution in [0, 0.1) is 0 Å². The van der Waals surface area contributed by atoms with E-state index in [1.165, 1.54) is 0 Å². The Morgan fingerprint density at radius 2 is 1.11 bits per heavy atom. The molecule has 0 bridgehead atoms. The van der Waals surface area contributed by atoms with Crippen molar-refractivity contribution in [1.82, 2.24) is 0 Å². The molecule has 0 atom stereocenters. The number of unbranched alkanes of at least 4 members (excludes halogenated alkanes) is 3. The Kier molecular flexibility index (Phi) is 12.7. The predicted molar refractivity (Wildman–Crippen MR) is 83.1 cm³/mol. The Hall–Kier alpha value is -0.163. The number of rotatable bonds is 13. The summed E-state index contributed by atoms with van der Waals surface area (Å²) in [6.45, 7) is 10.7. The van der Waals surface area contributed by atoms with Gasteiger partial charge in [0.25, 0.3) is 0 Å². The molecule has 0 aliphatic rings. The van der Waals surface area contributed by atoms with Crippen LogP contribution in [0.4, 0.5) is 0 Å². The van der Waals surface area contributed by atoms with E-state index in [4.69, 9.17) is 13.3 Å². The Labute approximate surface area is 120 Å². The van der Waals surface area contributed by atoms with E-state index in [1.54, 1.807) is 0 Å². The molecule has 0 aromatic rings. The van der Waals surface area contributed by atoms with Crippen LogP contribution in [-0.2, 0) is 13.3 Å². The molecule has 0 heterocycles. The van der Waals surface area contributed by atoms with Crippen molar-refractivity contribution in [1.29, 1.82) is 0 Å². The van der Waals surface area contributed by atoms with Gasteiger partial charge in [0.15, 0.2) is 0 Å². The van der Waals surface area contributed by atoms with E-state index >= 15 is 0 Å². The molecule has 0 saturated carbocycles. The second-order valence-electron chi connectivity index (χ2n) is 4.71. The van der Waals surface area contributed by atoms with E-state index in [2.05, 4.69) is 20.8 Å². The molecular formula is C15H32O3Si. The quantitative estimate of drug-likeness (QED) is 0.369. The van der Waals surface area contributed by atoms with Crippen molar-refractivity contribution in [3.63, 3.8) is 0 Å². The third-order valence-corrected chi connectivity index (χ3v) is 5.34. The van der Waals surface area contributed by atoms with Crippen molar-refractivity contribution in [2.24, 2.45) is 0 Å². The molecule has 0 aliphatic heterocycles. The highest BCUT2D eigenvalue weighted by molar-refractivity contribution is 6.66. The molecule has 0 N–H and O–H groups in total. The zero-order valence-electron chi connectivity index (χ0n) is 13.2. The van der Waals surface area contributed by atoms with Crippen LogP contribution < -0.4 is 0 Å². The topological polar surface area (TPSA) is 27.7 Å². The van der Waals surface area contributed by atoms with Crippen LogP contribution in [0.2, 0.25) is 0 Å². The summed E-state index contributed by atoms with van der Waals surface area (Å²) in [5.41, 5.74) is 2.02. The van der Waals surface area contributed by atoms with Crippen molar-refractivity contribution in [2.45, 2.75) is 66.2 Å². The second-order valence-corrected chi connectivity index (χ2v) is 7.12. The van der Waals surface area contributed by atoms with E-state index < -0.39 is 8.80 Å². The lowest BCUT2D eigenvalue weighted by Gasteiger charge is -2.27. The smallest absolute Gasteiger partial charge is 0.370 e. The summed E-state index contributed by atoms with van der Waals surface area (Å²) in [6.07, 6.45) is 8.55. The van der Waals surface area contributed by atoms with E-state index in [1.807, 2.05) is 18.7 Å². The molecule has 114 valence electrons. The van der Waals surface area contributed by atoms with Gasteiger partial charge in [0.2, 0.25) is 0 Å². The van der Waals surface area contributed by atoms with Gasteiger partial charge in [-0.1, -0.05) is 46.1 Å². The summed E-state index contributed by atoms with van der Waals surface area (Å²) >= 11 is 0. The number of hydrogen-bond donors (Lipinski definition) is 0. The largest absolute Gasteiger partial charge is 0.529 e. The predicted octanol–water partition coefficient (Wildman–Crippen LogP) is 4.49. The maximum atomic E-state index is 6.01. The highest BCUT2D eigenvalue weighted by Crippen LogP contribution is 2.15. The van der Waals surface area contributed by atoms with E-state index in [0.717, 1.165) is 58.3 Å². The Bertz CT molecular complexity index is 193. The van der Waals surface area contributed by atoms with Gasteiger partial charge in [0.1, 0.15) is 0 Å². The summed E-state index contributed by atoms with van der Waals surface area (Å²) in [5.74, 6) is 0. The van der Waals surface area contributed by atoms with Crippen LogP contribution in [0.5, 0.6) is 0 Å². The third kappa shape index (κ3) is 9.38. The van der Waals surface area contributed by atoms with Gasteiger partial charge in [0, 0.05) is 19.8 Å². The molecule has 0 fully saturated rings. The minimum atomic E-state index is -2.59. The van der Waals surface area contributed by atoms with Crippen molar-refractivity contribution in [3.8, 4) is 0 Å². The van der Waals surface area contributed by atoms with Crippen LogP contribution in [-0.4, -0.2) is 28.6 Å². The molecule has 0 radical (unpaired) electrons. The Balaban J connectivity index is 4.47. The van der Waals surface area contributed by atoms with Gasteiger partial charge in [-0.05, 0) is 31.9 Å². The van der Waals surface area contributed by atoms with Crippen molar-refractivity contribution >= 4 is 8.80 Å². The zero-order valence-corrected chi connectivity index (χ0v) is 14.2. The third-order valence-electron chi connectivity index (χ3n) is 2.77. The average Bonchev–Trinajstić information content (AvgIpc) is 2.40. The van der Waals surface area contributed by atoms with Gasteiger partial charge in [0.05, 0.1) is 0 Å². The standard InChI is InChI=1S/C15H32O3Si/c1-5-9-12-16-19(15-8-4,17-13-10-6-2)18-14-11-7-3/h8,15H,5-7,9-14H2,1-4H3. The molecule has 0 amide bonds. The fourth-order valence-corrected chi connectivity index (χ4v) is 3.78. The first-order valence-electron chi connectivity index (χ1n) is 7.80. The Morgan fingerprint density at radius 3 is 1.37 bits per heavy atom. The van der Waals surface area contributed by atoms with Crippen LogP contribution in [0.3, 0.4) is 0 Å². The molecular weight excluding hydrogens is 256 g/mol. The normalized spacial score (nSPS) is 12.4. The van der Waals surface area contributed by atoms with Gasteiger partial charge in [-0.3, -0.25) is 0 Å². The minimum absolute atomic E-state index is 0.727. The van der Waals surface area contributed by atoms with Gasteiger partial charge >= 0.3 is 8.80 Å². The SMILES string of the molecule is CC=C[Si](OCCCC)(OCCCC)OCCCC. The maximum absolute atomic E-state index is 6.01. The summed E-state index contributed by atoms with van der Waals surface area (Å²) in [5, 5.41) is 0. The summed E-state index contributed by atoms with van der Waals surface area (Å²) in [6, 6.07) is 0. The van der Waals surface area contributed by atoms with Crippen LogP contribution in [0.25, 0.3) is 0 Å². The molecule has 3 nitrogen and oxygen atoms in total. The Morgan fingerprint density at radius 1 is 0.737 bits per heavy atom. The lowest BCUT2D eigenvalue weighted by atomic mass is 10.4. The van der Waals surface area contributed by atoms with Gasteiger partial charge in [-0.15, -0.1) is 0 Å². The summed E-state index contributed by atoms with van der Waals surface area (Å²) in [7, 11) is -2.59. The molecule has 0 saturated heterocycles. The average molecular weight is 289 g/mol. The molecule has 4 heteroatoms. The highest BCUT2D eigenvalue weighted by atomic mass is 28.4. The van der Waals surface area contributed by atoms with Crippen molar-refractivity contribution < 1.29 is 13.3 Å². The van der Waals surface area contributed by atoms with Crippen LogP contribution in [0.15, 0.2) is 11.8 Å². The first kappa shape index (κ1) is 18.8. The van der Waals surface area contributed by atoms with Crippen molar-refractivity contribution in [2.75, 3.05) is 19.8 Å². The lowest BCUT2D eigenvalue weighted by Crippen LogP contribution is -2.45. The minimum Gasteiger partial charge on any atom is -0.370 e. The fourth-order valence-electron chi connectivity index (χ4n) is 1.55. The summed E-state index contributed by atoms with van der Waals surface area (Å²) < 4.78 is 18.0. The van der Waals surface area contributed by atoms with E-state index in [9.17, 15) is 0 Å². The molecule has 19 heavy (non-hydrogen) atoms. The maximum Gasteiger partial charge on any atom is 0.529 e. The van der Waals surface area contributed by atoms with Crippen LogP contribution in [0.1, 0.15) is 66.2 Å². The zero-order chi connectivity index (χ0) is 14.4.